The van der Waals surface area contributed by atoms with Crippen molar-refractivity contribution in [3.63, 3.8) is 0 Å². The maximum atomic E-state index is 13.0. The largest absolute Gasteiger partial charge is 0.417 e. The minimum atomic E-state index is -4.44. The maximum Gasteiger partial charge on any atom is 0.417 e. The summed E-state index contributed by atoms with van der Waals surface area (Å²) in [5.41, 5.74) is 0.835. The summed E-state index contributed by atoms with van der Waals surface area (Å²) in [6, 6.07) is 1.15. The van der Waals surface area contributed by atoms with Gasteiger partial charge in [0.1, 0.15) is 5.82 Å². The Balaban J connectivity index is 1.68. The van der Waals surface area contributed by atoms with Crippen molar-refractivity contribution in [2.75, 3.05) is 25.2 Å². The molecule has 1 aliphatic rings. The monoisotopic (exact) mass is 408 g/mol. The smallest absolute Gasteiger partial charge is 0.383 e. The lowest BCUT2D eigenvalue weighted by atomic mass is 10.0. The first-order chi connectivity index (χ1) is 13.8. The Morgan fingerprint density at radius 2 is 2.10 bits per heavy atom. The Hall–Kier alpha value is -2.95. The number of ether oxygens (including phenoxy) is 1. The van der Waals surface area contributed by atoms with Crippen molar-refractivity contribution in [2.24, 2.45) is 0 Å². The molecule has 0 aromatic carbocycles. The number of aryl methyl sites for hydroxylation is 1. The van der Waals surface area contributed by atoms with Gasteiger partial charge in [-0.05, 0) is 18.6 Å². The Morgan fingerprint density at radius 3 is 2.83 bits per heavy atom. The SMILES string of the molecule is COCCn1nc2nc(N3CCc4ncc(C(F)(F)F)cc4C3)c(C)cn2c1=O. The Bertz CT molecular complexity index is 1120. The molecule has 29 heavy (non-hydrogen) atoms. The molecule has 3 aromatic rings. The fourth-order valence-electron chi connectivity index (χ4n) is 3.44. The van der Waals surface area contributed by atoms with Crippen LogP contribution in [0.4, 0.5) is 19.0 Å². The first-order valence-corrected chi connectivity index (χ1v) is 9.03. The standard InChI is InChI=1S/C18H19F3N6O2/c1-11-9-26-16(24-27(17(26)28)5-6-29-2)23-15(11)25-4-3-14-12(10-25)7-13(8-22-14)18(19,20)21/h7-9H,3-6,10H2,1-2H3. The van der Waals surface area contributed by atoms with E-state index in [1.165, 1.54) is 16.2 Å². The first kappa shape index (κ1) is 19.4. The van der Waals surface area contributed by atoms with Crippen LogP contribution in [0.15, 0.2) is 23.3 Å². The van der Waals surface area contributed by atoms with Crippen LogP contribution in [0.5, 0.6) is 0 Å². The number of fused-ring (bicyclic) bond motifs is 2. The molecule has 0 radical (unpaired) electrons. The van der Waals surface area contributed by atoms with Crippen LogP contribution in [0.3, 0.4) is 0 Å². The van der Waals surface area contributed by atoms with Crippen molar-refractivity contribution in [1.29, 1.82) is 0 Å². The quantitative estimate of drug-likeness (QED) is 0.656. The number of hydrogen-bond donors (Lipinski definition) is 0. The molecule has 154 valence electrons. The van der Waals surface area contributed by atoms with E-state index in [-0.39, 0.29) is 18.0 Å². The van der Waals surface area contributed by atoms with Crippen LogP contribution in [0.2, 0.25) is 0 Å². The summed E-state index contributed by atoms with van der Waals surface area (Å²) in [4.78, 5) is 22.8. The van der Waals surface area contributed by atoms with Gasteiger partial charge in [-0.1, -0.05) is 0 Å². The van der Waals surface area contributed by atoms with Crippen LogP contribution >= 0.6 is 0 Å². The van der Waals surface area contributed by atoms with Gasteiger partial charge >= 0.3 is 11.9 Å². The minimum absolute atomic E-state index is 0.236. The topological polar surface area (TPSA) is 77.6 Å². The molecule has 0 unspecified atom stereocenters. The summed E-state index contributed by atoms with van der Waals surface area (Å²) in [6.45, 7) is 3.26. The normalized spacial score (nSPS) is 14.4. The van der Waals surface area contributed by atoms with Gasteiger partial charge in [0, 0.05) is 50.3 Å². The van der Waals surface area contributed by atoms with Crippen LogP contribution in [-0.4, -0.2) is 44.4 Å². The summed E-state index contributed by atoms with van der Waals surface area (Å²) in [7, 11) is 1.54. The van der Waals surface area contributed by atoms with E-state index in [1.807, 2.05) is 4.90 Å². The molecule has 3 aromatic heterocycles. The van der Waals surface area contributed by atoms with Crippen molar-refractivity contribution in [3.05, 3.63) is 51.3 Å². The number of alkyl halides is 3. The van der Waals surface area contributed by atoms with E-state index >= 15 is 0 Å². The summed E-state index contributed by atoms with van der Waals surface area (Å²) < 4.78 is 46.7. The maximum absolute atomic E-state index is 13.0. The van der Waals surface area contributed by atoms with Gasteiger partial charge in [-0.25, -0.2) is 13.9 Å². The highest BCUT2D eigenvalue weighted by molar-refractivity contribution is 5.52. The lowest BCUT2D eigenvalue weighted by molar-refractivity contribution is -0.137. The van der Waals surface area contributed by atoms with Crippen LogP contribution in [0.25, 0.3) is 5.78 Å². The summed E-state index contributed by atoms with van der Waals surface area (Å²) in [5, 5.41) is 4.23. The molecule has 0 bridgehead atoms. The number of rotatable bonds is 4. The molecule has 0 N–H and O–H groups in total. The molecule has 8 nitrogen and oxygen atoms in total. The fourth-order valence-corrected chi connectivity index (χ4v) is 3.44. The number of pyridine rings is 1. The average Bonchev–Trinajstić information content (AvgIpc) is 2.99. The molecule has 0 saturated heterocycles. The Kier molecular flexibility index (Phi) is 4.77. The van der Waals surface area contributed by atoms with E-state index in [0.29, 0.717) is 43.2 Å². The third-order valence-corrected chi connectivity index (χ3v) is 4.91. The van der Waals surface area contributed by atoms with Crippen LogP contribution in [0.1, 0.15) is 22.4 Å². The Morgan fingerprint density at radius 1 is 1.31 bits per heavy atom. The van der Waals surface area contributed by atoms with Gasteiger partial charge in [-0.2, -0.15) is 18.2 Å². The van der Waals surface area contributed by atoms with Crippen molar-refractivity contribution in [3.8, 4) is 0 Å². The molecule has 11 heteroatoms. The molecule has 0 saturated carbocycles. The van der Waals surface area contributed by atoms with E-state index in [1.54, 1.807) is 13.1 Å². The van der Waals surface area contributed by atoms with Crippen molar-refractivity contribution in [2.45, 2.75) is 32.6 Å². The predicted octanol–water partition coefficient (Wildman–Crippen LogP) is 1.82. The van der Waals surface area contributed by atoms with E-state index in [9.17, 15) is 18.0 Å². The summed E-state index contributed by atoms with van der Waals surface area (Å²) in [6.07, 6.45) is -1.40. The van der Waals surface area contributed by atoms with E-state index in [0.717, 1.165) is 17.8 Å². The first-order valence-electron chi connectivity index (χ1n) is 9.03. The number of halogens is 3. The highest BCUT2D eigenvalue weighted by atomic mass is 19.4. The molecule has 0 spiro atoms. The third-order valence-electron chi connectivity index (χ3n) is 4.91. The van der Waals surface area contributed by atoms with Gasteiger partial charge in [0.25, 0.3) is 5.78 Å². The molecule has 4 rings (SSSR count). The summed E-state index contributed by atoms with van der Waals surface area (Å²) >= 11 is 0. The zero-order chi connectivity index (χ0) is 20.8. The average molecular weight is 408 g/mol. The van der Waals surface area contributed by atoms with Gasteiger partial charge in [-0.3, -0.25) is 4.98 Å². The summed E-state index contributed by atoms with van der Waals surface area (Å²) in [5.74, 6) is 0.823. The second-order valence-corrected chi connectivity index (χ2v) is 6.92. The number of hydrogen-bond acceptors (Lipinski definition) is 6. The van der Waals surface area contributed by atoms with Crippen molar-refractivity contribution >= 4 is 11.6 Å². The molecule has 0 amide bonds. The highest BCUT2D eigenvalue weighted by Gasteiger charge is 2.32. The predicted molar refractivity (Wildman–Crippen MR) is 97.9 cm³/mol. The Labute approximate surface area is 163 Å². The van der Waals surface area contributed by atoms with E-state index in [2.05, 4.69) is 15.1 Å². The molecule has 1 aliphatic heterocycles. The second kappa shape index (κ2) is 7.14. The van der Waals surface area contributed by atoms with Crippen LogP contribution < -0.4 is 10.6 Å². The van der Waals surface area contributed by atoms with Crippen molar-refractivity contribution in [1.82, 2.24) is 24.1 Å². The highest BCUT2D eigenvalue weighted by Crippen LogP contribution is 2.32. The molecule has 0 aliphatic carbocycles. The lowest BCUT2D eigenvalue weighted by Crippen LogP contribution is -2.33. The van der Waals surface area contributed by atoms with Gasteiger partial charge in [0.15, 0.2) is 0 Å². The zero-order valence-electron chi connectivity index (χ0n) is 15.9. The number of anilines is 1. The van der Waals surface area contributed by atoms with Crippen LogP contribution in [-0.2, 0) is 30.4 Å². The number of aromatic nitrogens is 5. The number of methoxy groups -OCH3 is 1. The molecular weight excluding hydrogens is 389 g/mol. The van der Waals surface area contributed by atoms with Gasteiger partial charge in [0.2, 0.25) is 0 Å². The van der Waals surface area contributed by atoms with E-state index < -0.39 is 11.7 Å². The molecular formula is C18H19F3N6O2. The number of nitrogens with zero attached hydrogens (tertiary/aromatic N) is 6. The van der Waals surface area contributed by atoms with Crippen LogP contribution in [0, 0.1) is 6.92 Å². The fraction of sp³-hybridized carbons (Fsp3) is 0.444. The minimum Gasteiger partial charge on any atom is -0.383 e. The third kappa shape index (κ3) is 3.57. The van der Waals surface area contributed by atoms with E-state index in [4.69, 9.17) is 4.74 Å². The molecule has 0 atom stereocenters. The lowest BCUT2D eigenvalue weighted by Gasteiger charge is -2.30. The van der Waals surface area contributed by atoms with Gasteiger partial charge in [0.05, 0.1) is 18.7 Å². The van der Waals surface area contributed by atoms with Gasteiger partial charge < -0.3 is 9.64 Å². The molecule has 4 heterocycles. The van der Waals surface area contributed by atoms with Gasteiger partial charge in [-0.15, -0.1) is 5.10 Å². The molecule has 0 fully saturated rings. The zero-order valence-corrected chi connectivity index (χ0v) is 15.9. The van der Waals surface area contributed by atoms with Crippen molar-refractivity contribution < 1.29 is 17.9 Å². The second-order valence-electron chi connectivity index (χ2n) is 6.92.